The maximum Gasteiger partial charge on any atom is 0.204 e. The lowest BCUT2D eigenvalue weighted by Crippen LogP contribution is -2.26. The van der Waals surface area contributed by atoms with Crippen LogP contribution in [0.1, 0.15) is 36.5 Å². The first-order chi connectivity index (χ1) is 10.8. The van der Waals surface area contributed by atoms with E-state index in [1.165, 1.54) is 0 Å². The van der Waals surface area contributed by atoms with Gasteiger partial charge >= 0.3 is 0 Å². The van der Waals surface area contributed by atoms with E-state index < -0.39 is 10.7 Å². The molecule has 1 atom stereocenters. The molecule has 1 unspecified atom stereocenters. The number of aryl methyl sites for hydroxylation is 2. The van der Waals surface area contributed by atoms with Crippen LogP contribution in [0.15, 0.2) is 42.5 Å². The summed E-state index contributed by atoms with van der Waals surface area (Å²) in [5.41, 5.74) is 5.17. The van der Waals surface area contributed by atoms with Crippen LogP contribution in [0.5, 0.6) is 0 Å². The lowest BCUT2D eigenvalue weighted by Gasteiger charge is -2.18. The zero-order valence-electron chi connectivity index (χ0n) is 13.8. The monoisotopic (exact) mass is 324 g/mol. The number of thioether (sulfide) groups is 1. The summed E-state index contributed by atoms with van der Waals surface area (Å²) in [5.74, 6) is -0.606. The summed E-state index contributed by atoms with van der Waals surface area (Å²) in [4.78, 5) is 25.1. The fourth-order valence-electron chi connectivity index (χ4n) is 3.29. The van der Waals surface area contributed by atoms with Crippen molar-refractivity contribution in [3.8, 4) is 11.1 Å². The molecule has 1 aliphatic rings. The summed E-state index contributed by atoms with van der Waals surface area (Å²) in [6.07, 6.45) is 0. The highest BCUT2D eigenvalue weighted by Gasteiger charge is 2.49. The van der Waals surface area contributed by atoms with Crippen molar-refractivity contribution in [2.45, 2.75) is 38.4 Å². The molecule has 0 aliphatic carbocycles. The first-order valence-corrected chi connectivity index (χ1v) is 8.56. The van der Waals surface area contributed by atoms with Gasteiger partial charge in [0.05, 0.1) is 4.75 Å². The lowest BCUT2D eigenvalue weighted by molar-refractivity contribution is -0.124. The number of carbonyl (C=O) groups is 2. The summed E-state index contributed by atoms with van der Waals surface area (Å²) in [6.45, 7) is 7.65. The van der Waals surface area contributed by atoms with Crippen LogP contribution in [-0.4, -0.2) is 15.6 Å². The number of hydrogen-bond donors (Lipinski definition) is 0. The van der Waals surface area contributed by atoms with Gasteiger partial charge in [-0.05, 0) is 55.5 Å². The quantitative estimate of drug-likeness (QED) is 0.753. The van der Waals surface area contributed by atoms with Crippen LogP contribution in [0.3, 0.4) is 0 Å². The molecule has 118 valence electrons. The second kappa shape index (κ2) is 5.64. The first-order valence-electron chi connectivity index (χ1n) is 7.75. The van der Waals surface area contributed by atoms with E-state index in [0.717, 1.165) is 39.6 Å². The van der Waals surface area contributed by atoms with Crippen LogP contribution in [0.2, 0.25) is 0 Å². The van der Waals surface area contributed by atoms with Crippen molar-refractivity contribution >= 4 is 22.7 Å². The minimum atomic E-state index is -0.626. The minimum Gasteiger partial charge on any atom is -0.297 e. The standard InChI is InChI=1S/C20H20O2S/c1-12-10-15(14-8-6-5-7-9-14)11-13(2)16(12)17-18(21)20(3,4)23-19(17)22/h5-11,17H,1-4H3. The highest BCUT2D eigenvalue weighted by molar-refractivity contribution is 8.16. The fraction of sp³-hybridized carbons (Fsp3) is 0.300. The van der Waals surface area contributed by atoms with Gasteiger partial charge in [-0.2, -0.15) is 0 Å². The SMILES string of the molecule is Cc1cc(-c2ccccc2)cc(C)c1C1C(=O)SC(C)(C)C1=O. The lowest BCUT2D eigenvalue weighted by atomic mass is 9.83. The molecule has 1 aliphatic heterocycles. The van der Waals surface area contributed by atoms with Crippen LogP contribution in [0.4, 0.5) is 0 Å². The molecule has 1 heterocycles. The van der Waals surface area contributed by atoms with Crippen LogP contribution in [0, 0.1) is 13.8 Å². The molecule has 3 rings (SSSR count). The second-order valence-electron chi connectivity index (χ2n) is 6.62. The van der Waals surface area contributed by atoms with Crippen LogP contribution in [0.25, 0.3) is 11.1 Å². The molecule has 2 aromatic rings. The number of carbonyl (C=O) groups excluding carboxylic acids is 2. The van der Waals surface area contributed by atoms with Crippen molar-refractivity contribution < 1.29 is 9.59 Å². The van der Waals surface area contributed by atoms with Gasteiger partial charge in [0, 0.05) is 0 Å². The minimum absolute atomic E-state index is 0.0196. The summed E-state index contributed by atoms with van der Waals surface area (Å²) in [7, 11) is 0. The average Bonchev–Trinajstić information content (AvgIpc) is 2.69. The van der Waals surface area contributed by atoms with E-state index in [0.29, 0.717) is 0 Å². The predicted molar refractivity (Wildman–Crippen MR) is 95.8 cm³/mol. The van der Waals surface area contributed by atoms with E-state index >= 15 is 0 Å². The molecule has 1 saturated heterocycles. The van der Waals surface area contributed by atoms with E-state index in [4.69, 9.17) is 0 Å². The molecule has 0 amide bonds. The van der Waals surface area contributed by atoms with Crippen molar-refractivity contribution in [1.29, 1.82) is 0 Å². The molecule has 0 spiro atoms. The Labute approximate surface area is 141 Å². The Morgan fingerprint density at radius 3 is 1.96 bits per heavy atom. The van der Waals surface area contributed by atoms with Gasteiger partial charge in [-0.1, -0.05) is 54.2 Å². The molecule has 23 heavy (non-hydrogen) atoms. The van der Waals surface area contributed by atoms with Gasteiger partial charge in [-0.3, -0.25) is 9.59 Å². The molecule has 3 heteroatoms. The Morgan fingerprint density at radius 2 is 1.48 bits per heavy atom. The molecule has 1 fully saturated rings. The zero-order chi connectivity index (χ0) is 16.8. The van der Waals surface area contributed by atoms with Crippen LogP contribution in [-0.2, 0) is 9.59 Å². The number of hydrogen-bond acceptors (Lipinski definition) is 3. The Balaban J connectivity index is 2.09. The normalized spacial score (nSPS) is 20.1. The molecule has 0 saturated carbocycles. The molecule has 0 radical (unpaired) electrons. The van der Waals surface area contributed by atoms with Crippen LogP contribution < -0.4 is 0 Å². The van der Waals surface area contributed by atoms with Crippen molar-refractivity contribution in [2.24, 2.45) is 0 Å². The zero-order valence-corrected chi connectivity index (χ0v) is 14.7. The van der Waals surface area contributed by atoms with Gasteiger partial charge in [-0.25, -0.2) is 0 Å². The molecule has 2 nitrogen and oxygen atoms in total. The molecule has 0 N–H and O–H groups in total. The highest BCUT2D eigenvalue weighted by atomic mass is 32.2. The summed E-state index contributed by atoms with van der Waals surface area (Å²) < 4.78 is -0.626. The second-order valence-corrected chi connectivity index (χ2v) is 8.25. The molecule has 0 aromatic heterocycles. The van der Waals surface area contributed by atoms with E-state index in [-0.39, 0.29) is 10.9 Å². The van der Waals surface area contributed by atoms with Crippen LogP contribution >= 0.6 is 11.8 Å². The van der Waals surface area contributed by atoms with E-state index in [9.17, 15) is 9.59 Å². The third-order valence-electron chi connectivity index (χ3n) is 4.44. The smallest absolute Gasteiger partial charge is 0.204 e. The molecular formula is C20H20O2S. The van der Waals surface area contributed by atoms with E-state index in [1.807, 2.05) is 45.9 Å². The summed E-state index contributed by atoms with van der Waals surface area (Å²) in [5, 5.41) is -0.0290. The number of rotatable bonds is 2. The van der Waals surface area contributed by atoms with Gasteiger partial charge < -0.3 is 0 Å². The summed E-state index contributed by atoms with van der Waals surface area (Å²) in [6, 6.07) is 14.3. The Bertz CT molecular complexity index is 768. The first kappa shape index (κ1) is 16.0. The van der Waals surface area contributed by atoms with Crippen molar-refractivity contribution in [2.75, 3.05) is 0 Å². The van der Waals surface area contributed by atoms with E-state index in [1.54, 1.807) is 0 Å². The molecule has 0 bridgehead atoms. The van der Waals surface area contributed by atoms with Crippen molar-refractivity contribution in [3.63, 3.8) is 0 Å². The van der Waals surface area contributed by atoms with Gasteiger partial charge in [0.25, 0.3) is 0 Å². The van der Waals surface area contributed by atoms with Gasteiger partial charge in [-0.15, -0.1) is 0 Å². The highest BCUT2D eigenvalue weighted by Crippen LogP contribution is 2.45. The topological polar surface area (TPSA) is 34.1 Å². The average molecular weight is 324 g/mol. The molecular weight excluding hydrogens is 304 g/mol. The third kappa shape index (κ3) is 2.74. The number of Topliss-reactive ketones (excluding diaryl/α,β-unsaturated/α-hetero) is 1. The van der Waals surface area contributed by atoms with E-state index in [2.05, 4.69) is 24.3 Å². The van der Waals surface area contributed by atoms with Gasteiger partial charge in [0.2, 0.25) is 5.12 Å². The predicted octanol–water partition coefficient (Wildman–Crippen LogP) is 4.68. The Morgan fingerprint density at radius 1 is 0.913 bits per heavy atom. The largest absolute Gasteiger partial charge is 0.297 e. The fourth-order valence-corrected chi connectivity index (χ4v) is 4.36. The molecule has 2 aromatic carbocycles. The Kier molecular flexibility index (Phi) is 3.93. The summed E-state index contributed by atoms with van der Waals surface area (Å²) >= 11 is 1.16. The number of ketones is 1. The van der Waals surface area contributed by atoms with Crippen molar-refractivity contribution in [3.05, 3.63) is 59.2 Å². The van der Waals surface area contributed by atoms with Crippen molar-refractivity contribution in [1.82, 2.24) is 0 Å². The third-order valence-corrected chi connectivity index (χ3v) is 5.58. The number of benzene rings is 2. The Hall–Kier alpha value is -1.87. The maximum atomic E-state index is 12.7. The van der Waals surface area contributed by atoms with Gasteiger partial charge in [0.15, 0.2) is 5.78 Å². The maximum absolute atomic E-state index is 12.7. The van der Waals surface area contributed by atoms with Gasteiger partial charge in [0.1, 0.15) is 5.92 Å².